The molecule has 1 fully saturated rings. The van der Waals surface area contributed by atoms with Crippen molar-refractivity contribution in [3.05, 3.63) is 71.6 Å². The Morgan fingerprint density at radius 3 is 2.55 bits per heavy atom. The molecule has 0 spiro atoms. The number of aryl methyl sites for hydroxylation is 2. The van der Waals surface area contributed by atoms with Crippen LogP contribution < -0.4 is 9.88 Å². The van der Waals surface area contributed by atoms with Gasteiger partial charge in [-0.2, -0.15) is 0 Å². The highest BCUT2D eigenvalue weighted by atomic mass is 32.2. The van der Waals surface area contributed by atoms with Crippen LogP contribution in [0, 0.1) is 19.7 Å². The van der Waals surface area contributed by atoms with Gasteiger partial charge in [0.1, 0.15) is 17.7 Å². The number of nitrogens with two attached hydrogens (primary N) is 1. The van der Waals surface area contributed by atoms with Gasteiger partial charge in [0.2, 0.25) is 15.9 Å². The summed E-state index contributed by atoms with van der Waals surface area (Å²) >= 11 is 0. The van der Waals surface area contributed by atoms with Crippen molar-refractivity contribution in [1.82, 2.24) is 9.80 Å². The third-order valence-corrected chi connectivity index (χ3v) is 6.96. The van der Waals surface area contributed by atoms with E-state index >= 15 is 0 Å². The van der Waals surface area contributed by atoms with Gasteiger partial charge in [0.05, 0.1) is 4.90 Å². The predicted molar refractivity (Wildman–Crippen MR) is 125 cm³/mol. The lowest BCUT2D eigenvalue weighted by Crippen LogP contribution is -2.54. The zero-order chi connectivity index (χ0) is 24.3. The average molecular weight is 476 g/mol. The van der Waals surface area contributed by atoms with Gasteiger partial charge in [-0.3, -0.25) is 9.69 Å². The number of amides is 1. The Morgan fingerprint density at radius 1 is 1.24 bits per heavy atom. The third kappa shape index (κ3) is 5.98. The monoisotopic (exact) mass is 475 g/mol. The molecule has 2 N–H and O–H groups in total. The van der Waals surface area contributed by atoms with Crippen molar-refractivity contribution in [2.24, 2.45) is 5.14 Å². The second-order valence-corrected chi connectivity index (χ2v) is 9.96. The van der Waals surface area contributed by atoms with Gasteiger partial charge in [-0.05, 0) is 67.8 Å². The number of piperazine rings is 1. The number of hydrogen-bond donors (Lipinski definition) is 1. The molecule has 1 heterocycles. The average Bonchev–Trinajstić information content (AvgIpc) is 2.74. The number of ether oxygens (including phenoxy) is 1. The quantitative estimate of drug-likeness (QED) is 0.622. The summed E-state index contributed by atoms with van der Waals surface area (Å²) in [6.07, 6.45) is 0.814. The Bertz CT molecular complexity index is 1150. The van der Waals surface area contributed by atoms with Gasteiger partial charge in [0.15, 0.2) is 0 Å². The van der Waals surface area contributed by atoms with Crippen LogP contribution >= 0.6 is 0 Å². The van der Waals surface area contributed by atoms with Crippen LogP contribution in [-0.2, 0) is 14.8 Å². The number of nitrogens with zero attached hydrogens (tertiary/aromatic N) is 2. The van der Waals surface area contributed by atoms with Crippen molar-refractivity contribution < 1.29 is 22.3 Å². The Kier molecular flexibility index (Phi) is 7.56. The van der Waals surface area contributed by atoms with Crippen molar-refractivity contribution in [3.8, 4) is 5.75 Å². The van der Waals surface area contributed by atoms with E-state index in [2.05, 4.69) is 11.5 Å². The minimum atomic E-state index is -3.84. The molecule has 3 rings (SSSR count). The lowest BCUT2D eigenvalue weighted by Gasteiger charge is -2.40. The van der Waals surface area contributed by atoms with Crippen LogP contribution in [0.2, 0.25) is 0 Å². The van der Waals surface area contributed by atoms with Gasteiger partial charge >= 0.3 is 0 Å². The maximum absolute atomic E-state index is 14.3. The van der Waals surface area contributed by atoms with Gasteiger partial charge in [-0.25, -0.2) is 17.9 Å². The first-order valence-electron chi connectivity index (χ1n) is 10.7. The van der Waals surface area contributed by atoms with Gasteiger partial charge in [-0.15, -0.1) is 0 Å². The summed E-state index contributed by atoms with van der Waals surface area (Å²) in [4.78, 5) is 16.0. The summed E-state index contributed by atoms with van der Waals surface area (Å²) in [6.45, 7) is 11.2. The van der Waals surface area contributed by atoms with Crippen molar-refractivity contribution in [2.45, 2.75) is 37.8 Å². The summed E-state index contributed by atoms with van der Waals surface area (Å²) in [5.74, 6) is 0.0389. The fourth-order valence-electron chi connectivity index (χ4n) is 4.08. The van der Waals surface area contributed by atoms with Crippen LogP contribution in [0.3, 0.4) is 0 Å². The summed E-state index contributed by atoms with van der Waals surface area (Å²) in [7, 11) is -3.84. The SMILES string of the molecule is C=CC(=O)N1CCN(C[C@@H](Oc2ccc(S(N)(=O)=O)c(C)c2)c2ccc(C)c(F)c2)C[C@H]1C. The smallest absolute Gasteiger partial charge is 0.246 e. The zero-order valence-electron chi connectivity index (χ0n) is 19.1. The van der Waals surface area contributed by atoms with E-state index in [-0.39, 0.29) is 22.7 Å². The van der Waals surface area contributed by atoms with E-state index in [1.807, 2.05) is 13.0 Å². The summed E-state index contributed by atoms with van der Waals surface area (Å²) < 4.78 is 44.0. The molecule has 0 radical (unpaired) electrons. The van der Waals surface area contributed by atoms with E-state index in [9.17, 15) is 17.6 Å². The number of sulfonamides is 1. The molecule has 0 aromatic heterocycles. The number of halogens is 1. The molecule has 0 saturated carbocycles. The molecule has 9 heteroatoms. The topological polar surface area (TPSA) is 92.9 Å². The van der Waals surface area contributed by atoms with Crippen LogP contribution in [0.4, 0.5) is 4.39 Å². The Hall–Kier alpha value is -2.75. The number of primary sulfonamides is 1. The molecule has 1 amide bonds. The Balaban J connectivity index is 1.85. The molecular formula is C24H30FN3O4S. The molecule has 2 atom stereocenters. The van der Waals surface area contributed by atoms with Gasteiger partial charge < -0.3 is 9.64 Å². The summed E-state index contributed by atoms with van der Waals surface area (Å²) in [5.41, 5.74) is 1.67. The van der Waals surface area contributed by atoms with Crippen molar-refractivity contribution in [2.75, 3.05) is 26.2 Å². The van der Waals surface area contributed by atoms with Gasteiger partial charge in [-0.1, -0.05) is 18.7 Å². The molecule has 178 valence electrons. The van der Waals surface area contributed by atoms with Gasteiger partial charge in [0.25, 0.3) is 0 Å². The minimum absolute atomic E-state index is 0.00376. The van der Waals surface area contributed by atoms with Crippen molar-refractivity contribution >= 4 is 15.9 Å². The number of benzene rings is 2. The first kappa shape index (κ1) is 24.9. The first-order valence-corrected chi connectivity index (χ1v) is 12.3. The maximum atomic E-state index is 14.3. The second kappa shape index (κ2) is 10.0. The molecule has 0 unspecified atom stereocenters. The molecular weight excluding hydrogens is 445 g/mol. The minimum Gasteiger partial charge on any atom is -0.484 e. The standard InChI is InChI=1S/C24H30FN3O4S/c1-5-24(29)28-11-10-27(14-18(28)4)15-22(19-7-6-16(2)21(25)13-19)32-20-8-9-23(17(3)12-20)33(26,30)31/h5-9,12-13,18,22H,1,10-11,14-15H2,2-4H3,(H2,26,30,31)/t18-,22-/m1/s1. The molecule has 2 aromatic carbocycles. The number of rotatable bonds is 7. The summed E-state index contributed by atoms with van der Waals surface area (Å²) in [5, 5.41) is 5.26. The molecule has 0 aliphatic carbocycles. The number of carbonyl (C=O) groups is 1. The lowest BCUT2D eigenvalue weighted by atomic mass is 10.0. The molecule has 1 saturated heterocycles. The van der Waals surface area contributed by atoms with Crippen LogP contribution in [-0.4, -0.2) is 56.3 Å². The Morgan fingerprint density at radius 2 is 1.97 bits per heavy atom. The van der Waals surface area contributed by atoms with Crippen molar-refractivity contribution in [1.29, 1.82) is 0 Å². The van der Waals surface area contributed by atoms with E-state index in [4.69, 9.17) is 9.88 Å². The van der Waals surface area contributed by atoms with E-state index in [0.29, 0.717) is 48.6 Å². The highest BCUT2D eigenvalue weighted by Crippen LogP contribution is 2.28. The summed E-state index contributed by atoms with van der Waals surface area (Å²) in [6, 6.07) is 9.57. The van der Waals surface area contributed by atoms with E-state index < -0.39 is 16.1 Å². The maximum Gasteiger partial charge on any atom is 0.246 e. The number of carbonyl (C=O) groups excluding carboxylic acids is 1. The Labute approximate surface area is 194 Å². The van der Waals surface area contributed by atoms with Crippen LogP contribution in [0.25, 0.3) is 0 Å². The van der Waals surface area contributed by atoms with E-state index in [1.165, 1.54) is 18.2 Å². The number of hydrogen-bond acceptors (Lipinski definition) is 5. The highest BCUT2D eigenvalue weighted by molar-refractivity contribution is 7.89. The van der Waals surface area contributed by atoms with Crippen LogP contribution in [0.5, 0.6) is 5.75 Å². The van der Waals surface area contributed by atoms with Crippen LogP contribution in [0.1, 0.15) is 29.7 Å². The molecule has 33 heavy (non-hydrogen) atoms. The zero-order valence-corrected chi connectivity index (χ0v) is 19.9. The van der Waals surface area contributed by atoms with Crippen molar-refractivity contribution in [3.63, 3.8) is 0 Å². The predicted octanol–water partition coefficient (Wildman–Crippen LogP) is 2.93. The highest BCUT2D eigenvalue weighted by Gasteiger charge is 2.29. The molecule has 0 bridgehead atoms. The van der Waals surface area contributed by atoms with Crippen LogP contribution in [0.15, 0.2) is 53.9 Å². The third-order valence-electron chi connectivity index (χ3n) is 5.89. The normalized spacial score (nSPS) is 18.1. The first-order chi connectivity index (χ1) is 15.5. The fourth-order valence-corrected chi connectivity index (χ4v) is 4.84. The second-order valence-electron chi connectivity index (χ2n) is 8.43. The molecule has 2 aromatic rings. The van der Waals surface area contributed by atoms with Gasteiger partial charge in [0, 0.05) is 32.2 Å². The lowest BCUT2D eigenvalue weighted by molar-refractivity contribution is -0.130. The van der Waals surface area contributed by atoms with E-state index in [0.717, 1.165) is 0 Å². The molecule has 7 nitrogen and oxygen atoms in total. The molecule has 1 aliphatic rings. The largest absolute Gasteiger partial charge is 0.484 e. The fraction of sp³-hybridized carbons (Fsp3) is 0.375. The van der Waals surface area contributed by atoms with E-state index in [1.54, 1.807) is 36.9 Å². The molecule has 1 aliphatic heterocycles.